The van der Waals surface area contributed by atoms with Crippen LogP contribution in [0.3, 0.4) is 0 Å². The summed E-state index contributed by atoms with van der Waals surface area (Å²) in [5.41, 5.74) is 1.32. The maximum atomic E-state index is 11.3. The van der Waals surface area contributed by atoms with Gasteiger partial charge in [-0.3, -0.25) is 4.79 Å². The molecule has 0 radical (unpaired) electrons. The lowest BCUT2D eigenvalue weighted by Crippen LogP contribution is -2.06. The summed E-state index contributed by atoms with van der Waals surface area (Å²) in [6.07, 6.45) is 4.60. The average molecular weight is 216 g/mol. The van der Waals surface area contributed by atoms with Crippen molar-refractivity contribution in [1.82, 2.24) is 0 Å². The minimum Gasteiger partial charge on any atom is -0.481 e. The van der Waals surface area contributed by atoms with Crippen molar-refractivity contribution in [2.24, 2.45) is 11.3 Å². The third kappa shape index (κ3) is 1.22. The maximum Gasteiger partial charge on any atom is 0.307 e. The highest BCUT2D eigenvalue weighted by Gasteiger charge is 2.68. The van der Waals surface area contributed by atoms with E-state index in [4.69, 9.17) is 0 Å². The summed E-state index contributed by atoms with van der Waals surface area (Å²) in [4.78, 5) is 11.3. The Bertz CT molecular complexity index is 404. The van der Waals surface area contributed by atoms with Gasteiger partial charge in [-0.05, 0) is 23.8 Å². The summed E-state index contributed by atoms with van der Waals surface area (Å²) in [7, 11) is 0. The standard InChI is InChI=1S/C14H16O2/c15-13(16)12-11(10-6-2-1-3-7-10)14(12)8-4-5-9-14/h1-3,6-7,11-12H,4-5,8-9H2,(H,15,16)/t11-,12+/m1/s1. The predicted molar refractivity (Wildman–Crippen MR) is 61.2 cm³/mol. The lowest BCUT2D eigenvalue weighted by molar-refractivity contribution is -0.139. The van der Waals surface area contributed by atoms with Gasteiger partial charge in [-0.15, -0.1) is 0 Å². The van der Waals surface area contributed by atoms with E-state index < -0.39 is 5.97 Å². The zero-order chi connectivity index (χ0) is 11.2. The minimum absolute atomic E-state index is 0.104. The molecule has 0 unspecified atom stereocenters. The number of aliphatic carboxylic acids is 1. The largest absolute Gasteiger partial charge is 0.481 e. The van der Waals surface area contributed by atoms with Gasteiger partial charge < -0.3 is 5.11 Å². The summed E-state index contributed by atoms with van der Waals surface area (Å²) in [5.74, 6) is -0.457. The van der Waals surface area contributed by atoms with Crippen LogP contribution in [0, 0.1) is 11.3 Å². The quantitative estimate of drug-likeness (QED) is 0.825. The van der Waals surface area contributed by atoms with Crippen LogP contribution in [0.5, 0.6) is 0 Å². The van der Waals surface area contributed by atoms with Crippen molar-refractivity contribution in [2.75, 3.05) is 0 Å². The van der Waals surface area contributed by atoms with Gasteiger partial charge in [0.15, 0.2) is 0 Å². The molecule has 2 fully saturated rings. The Hall–Kier alpha value is -1.31. The molecule has 0 bridgehead atoms. The van der Waals surface area contributed by atoms with Gasteiger partial charge in [-0.2, -0.15) is 0 Å². The molecule has 16 heavy (non-hydrogen) atoms. The third-order valence-corrected chi connectivity index (χ3v) is 4.42. The molecule has 0 amide bonds. The first-order chi connectivity index (χ1) is 7.76. The molecule has 2 aliphatic carbocycles. The molecule has 2 nitrogen and oxygen atoms in total. The maximum absolute atomic E-state index is 11.3. The SMILES string of the molecule is O=C(O)[C@@H]1[C@@H](c2ccccc2)C12CCCC2. The summed E-state index contributed by atoms with van der Waals surface area (Å²) in [6, 6.07) is 10.2. The molecule has 1 aromatic carbocycles. The Morgan fingerprint density at radius 3 is 2.38 bits per heavy atom. The molecule has 0 aliphatic heterocycles. The first kappa shape index (κ1) is 9.88. The third-order valence-electron chi connectivity index (χ3n) is 4.42. The van der Waals surface area contributed by atoms with Crippen molar-refractivity contribution < 1.29 is 9.90 Å². The fourth-order valence-electron chi connectivity index (χ4n) is 3.72. The van der Waals surface area contributed by atoms with Crippen LogP contribution in [0.1, 0.15) is 37.2 Å². The van der Waals surface area contributed by atoms with E-state index in [1.54, 1.807) is 0 Å². The van der Waals surface area contributed by atoms with E-state index in [1.807, 2.05) is 18.2 Å². The number of hydrogen-bond acceptors (Lipinski definition) is 1. The summed E-state index contributed by atoms with van der Waals surface area (Å²) in [6.45, 7) is 0. The Balaban J connectivity index is 1.94. The molecular weight excluding hydrogens is 200 g/mol. The Kier molecular flexibility index (Phi) is 2.06. The first-order valence-corrected chi connectivity index (χ1v) is 6.03. The summed E-state index contributed by atoms with van der Waals surface area (Å²) in [5, 5.41) is 9.31. The summed E-state index contributed by atoms with van der Waals surface area (Å²) >= 11 is 0. The number of carboxylic acids is 1. The predicted octanol–water partition coefficient (Wildman–Crippen LogP) is 3.05. The van der Waals surface area contributed by atoms with Crippen LogP contribution in [0.25, 0.3) is 0 Å². The fourth-order valence-corrected chi connectivity index (χ4v) is 3.72. The van der Waals surface area contributed by atoms with Gasteiger partial charge in [0.2, 0.25) is 0 Å². The van der Waals surface area contributed by atoms with E-state index in [0.717, 1.165) is 12.8 Å². The molecule has 3 rings (SSSR count). The molecule has 2 aliphatic rings. The first-order valence-electron chi connectivity index (χ1n) is 6.03. The van der Waals surface area contributed by atoms with Gasteiger partial charge in [-0.25, -0.2) is 0 Å². The lowest BCUT2D eigenvalue weighted by atomic mass is 9.97. The van der Waals surface area contributed by atoms with Crippen LogP contribution in [0.4, 0.5) is 0 Å². The van der Waals surface area contributed by atoms with Crippen molar-refractivity contribution in [1.29, 1.82) is 0 Å². The molecule has 0 aromatic heterocycles. The van der Waals surface area contributed by atoms with E-state index in [0.29, 0.717) is 0 Å². The zero-order valence-electron chi connectivity index (χ0n) is 9.23. The van der Waals surface area contributed by atoms with Crippen molar-refractivity contribution in [3.8, 4) is 0 Å². The zero-order valence-corrected chi connectivity index (χ0v) is 9.23. The number of rotatable bonds is 2. The minimum atomic E-state index is -0.601. The number of carbonyl (C=O) groups is 1. The number of benzene rings is 1. The number of hydrogen-bond donors (Lipinski definition) is 1. The second kappa shape index (κ2) is 3.34. The van der Waals surface area contributed by atoms with Gasteiger partial charge in [0.25, 0.3) is 0 Å². The molecule has 0 saturated heterocycles. The van der Waals surface area contributed by atoms with Crippen molar-refractivity contribution in [3.05, 3.63) is 35.9 Å². The number of carboxylic acid groups (broad SMARTS) is 1. The summed E-state index contributed by atoms with van der Waals surface area (Å²) < 4.78 is 0. The van der Waals surface area contributed by atoms with E-state index >= 15 is 0 Å². The van der Waals surface area contributed by atoms with Crippen LogP contribution in [0.15, 0.2) is 30.3 Å². The highest BCUT2D eigenvalue weighted by Crippen LogP contribution is 2.72. The van der Waals surface area contributed by atoms with E-state index in [9.17, 15) is 9.90 Å². The monoisotopic (exact) mass is 216 g/mol. The second-order valence-corrected chi connectivity index (χ2v) is 5.14. The smallest absolute Gasteiger partial charge is 0.307 e. The highest BCUT2D eigenvalue weighted by atomic mass is 16.4. The van der Waals surface area contributed by atoms with Gasteiger partial charge >= 0.3 is 5.97 Å². The van der Waals surface area contributed by atoms with E-state index in [-0.39, 0.29) is 17.3 Å². The van der Waals surface area contributed by atoms with Crippen LogP contribution in [-0.4, -0.2) is 11.1 Å². The van der Waals surface area contributed by atoms with Crippen LogP contribution >= 0.6 is 0 Å². The Labute approximate surface area is 95.3 Å². The van der Waals surface area contributed by atoms with E-state index in [2.05, 4.69) is 12.1 Å². The van der Waals surface area contributed by atoms with Gasteiger partial charge in [-0.1, -0.05) is 43.2 Å². The normalized spacial score (nSPS) is 30.5. The van der Waals surface area contributed by atoms with Crippen molar-refractivity contribution in [2.45, 2.75) is 31.6 Å². The van der Waals surface area contributed by atoms with Crippen LogP contribution in [0.2, 0.25) is 0 Å². The molecule has 1 spiro atoms. The average Bonchev–Trinajstić information content (AvgIpc) is 2.67. The Morgan fingerprint density at radius 2 is 1.81 bits per heavy atom. The molecule has 1 N–H and O–H groups in total. The van der Waals surface area contributed by atoms with Crippen LogP contribution < -0.4 is 0 Å². The molecule has 2 heteroatoms. The fraction of sp³-hybridized carbons (Fsp3) is 0.500. The lowest BCUT2D eigenvalue weighted by Gasteiger charge is -2.07. The van der Waals surface area contributed by atoms with Gasteiger partial charge in [0.05, 0.1) is 5.92 Å². The van der Waals surface area contributed by atoms with Crippen LogP contribution in [-0.2, 0) is 4.79 Å². The molecular formula is C14H16O2. The van der Waals surface area contributed by atoms with Crippen molar-refractivity contribution in [3.63, 3.8) is 0 Å². The topological polar surface area (TPSA) is 37.3 Å². The highest BCUT2D eigenvalue weighted by molar-refractivity contribution is 5.78. The van der Waals surface area contributed by atoms with Gasteiger partial charge in [0, 0.05) is 5.92 Å². The molecule has 0 heterocycles. The van der Waals surface area contributed by atoms with E-state index in [1.165, 1.54) is 18.4 Å². The molecule has 84 valence electrons. The van der Waals surface area contributed by atoms with Gasteiger partial charge in [0.1, 0.15) is 0 Å². The molecule has 1 aromatic rings. The Morgan fingerprint density at radius 1 is 1.19 bits per heavy atom. The second-order valence-electron chi connectivity index (χ2n) is 5.14. The van der Waals surface area contributed by atoms with Crippen molar-refractivity contribution >= 4 is 5.97 Å². The molecule has 2 atom stereocenters. The molecule has 2 saturated carbocycles.